The average molecular weight is 453 g/mol. The molecule has 0 N–H and O–H groups in total. The molecule has 6 nitrogen and oxygen atoms in total. The minimum Gasteiger partial charge on any atom is -0.497 e. The quantitative estimate of drug-likeness (QED) is 0.280. The molecule has 3 aromatic carbocycles. The van der Waals surface area contributed by atoms with Crippen LogP contribution >= 0.6 is 0 Å². The molecule has 1 aromatic heterocycles. The predicted octanol–water partition coefficient (Wildman–Crippen LogP) is 6.65. The zero-order valence-corrected chi connectivity index (χ0v) is 19.2. The van der Waals surface area contributed by atoms with Crippen molar-refractivity contribution >= 4 is 12.1 Å². The summed E-state index contributed by atoms with van der Waals surface area (Å²) in [5.74, 6) is 3.00. The number of hydrogen-bond donors (Lipinski definition) is 0. The van der Waals surface area contributed by atoms with Crippen molar-refractivity contribution < 1.29 is 18.6 Å². The first kappa shape index (κ1) is 22.7. The van der Waals surface area contributed by atoms with E-state index in [2.05, 4.69) is 11.1 Å². The molecule has 0 aliphatic rings. The monoisotopic (exact) mass is 452 g/mol. The van der Waals surface area contributed by atoms with Crippen LogP contribution in [0.15, 0.2) is 82.2 Å². The Morgan fingerprint density at radius 3 is 2.12 bits per heavy atom. The van der Waals surface area contributed by atoms with Gasteiger partial charge in [-0.2, -0.15) is 5.26 Å². The predicted molar refractivity (Wildman–Crippen MR) is 132 cm³/mol. The summed E-state index contributed by atoms with van der Waals surface area (Å²) in [7, 11) is 3.23. The number of furan rings is 1. The summed E-state index contributed by atoms with van der Waals surface area (Å²) in [4.78, 5) is 4.53. The SMILES string of the molecule is CCOc1cccc(C=Nc2oc(-c3ccc(OC)cc3)c(-c3ccc(OC)cc3)c2C#N)c1. The molecule has 0 unspecified atom stereocenters. The number of ether oxygens (including phenoxy) is 3. The number of hydrogen-bond acceptors (Lipinski definition) is 6. The van der Waals surface area contributed by atoms with Gasteiger partial charge in [0.05, 0.1) is 20.8 Å². The molecule has 34 heavy (non-hydrogen) atoms. The van der Waals surface area contributed by atoms with Crippen molar-refractivity contribution in [1.29, 1.82) is 5.26 Å². The lowest BCUT2D eigenvalue weighted by molar-refractivity contribution is 0.340. The third-order valence-corrected chi connectivity index (χ3v) is 5.23. The number of benzene rings is 3. The fourth-order valence-electron chi connectivity index (χ4n) is 3.58. The first-order valence-corrected chi connectivity index (χ1v) is 10.8. The zero-order chi connectivity index (χ0) is 23.9. The van der Waals surface area contributed by atoms with E-state index >= 15 is 0 Å². The van der Waals surface area contributed by atoms with Gasteiger partial charge in [0.2, 0.25) is 5.88 Å². The topological polar surface area (TPSA) is 77.0 Å². The Hall–Kier alpha value is -4.50. The highest BCUT2D eigenvalue weighted by Crippen LogP contribution is 2.43. The summed E-state index contributed by atoms with van der Waals surface area (Å²) in [6.45, 7) is 2.51. The van der Waals surface area contributed by atoms with Crippen molar-refractivity contribution in [2.75, 3.05) is 20.8 Å². The first-order valence-electron chi connectivity index (χ1n) is 10.8. The molecule has 0 aliphatic heterocycles. The molecule has 0 saturated carbocycles. The third-order valence-electron chi connectivity index (χ3n) is 5.23. The molecule has 0 radical (unpaired) electrons. The molecule has 4 aromatic rings. The second-order valence-corrected chi connectivity index (χ2v) is 7.32. The van der Waals surface area contributed by atoms with Crippen LogP contribution in [0.4, 0.5) is 5.88 Å². The summed E-state index contributed by atoms with van der Waals surface area (Å²) < 4.78 is 22.3. The highest BCUT2D eigenvalue weighted by Gasteiger charge is 2.23. The second-order valence-electron chi connectivity index (χ2n) is 7.32. The molecule has 0 amide bonds. The summed E-state index contributed by atoms with van der Waals surface area (Å²) >= 11 is 0. The number of rotatable bonds is 8. The van der Waals surface area contributed by atoms with Gasteiger partial charge in [-0.3, -0.25) is 0 Å². The maximum absolute atomic E-state index is 10.1. The summed E-state index contributed by atoms with van der Waals surface area (Å²) in [6, 6.07) is 24.9. The Morgan fingerprint density at radius 1 is 0.882 bits per heavy atom. The molecule has 0 saturated heterocycles. The Morgan fingerprint density at radius 2 is 1.53 bits per heavy atom. The van der Waals surface area contributed by atoms with Crippen LogP contribution in [0.2, 0.25) is 0 Å². The highest BCUT2D eigenvalue weighted by molar-refractivity contribution is 5.90. The fourth-order valence-corrected chi connectivity index (χ4v) is 3.58. The van der Waals surface area contributed by atoms with Gasteiger partial charge in [0, 0.05) is 17.3 Å². The lowest BCUT2D eigenvalue weighted by atomic mass is 9.98. The summed E-state index contributed by atoms with van der Waals surface area (Å²) in [6.07, 6.45) is 1.66. The highest BCUT2D eigenvalue weighted by atomic mass is 16.5. The third kappa shape index (κ3) is 4.79. The number of nitrogens with zero attached hydrogens (tertiary/aromatic N) is 2. The van der Waals surface area contributed by atoms with Gasteiger partial charge in [0.15, 0.2) is 0 Å². The van der Waals surface area contributed by atoms with Gasteiger partial charge in [0.1, 0.15) is 34.6 Å². The molecule has 6 heteroatoms. The Bertz CT molecular complexity index is 1330. The number of methoxy groups -OCH3 is 2. The molecule has 0 spiro atoms. The molecule has 0 atom stereocenters. The van der Waals surface area contributed by atoms with Crippen LogP contribution in [-0.4, -0.2) is 27.0 Å². The van der Waals surface area contributed by atoms with Crippen LogP contribution in [0.3, 0.4) is 0 Å². The molecule has 0 bridgehead atoms. The Balaban J connectivity index is 1.83. The summed E-state index contributed by atoms with van der Waals surface area (Å²) in [5, 5.41) is 10.1. The fraction of sp³-hybridized carbons (Fsp3) is 0.143. The molecule has 1 heterocycles. The van der Waals surface area contributed by atoms with E-state index in [0.717, 1.165) is 33.9 Å². The van der Waals surface area contributed by atoms with Crippen LogP contribution in [0.1, 0.15) is 18.1 Å². The van der Waals surface area contributed by atoms with Crippen molar-refractivity contribution in [3.05, 3.63) is 83.9 Å². The van der Waals surface area contributed by atoms with Gasteiger partial charge in [-0.15, -0.1) is 0 Å². The lowest BCUT2D eigenvalue weighted by Crippen LogP contribution is -1.92. The second kappa shape index (κ2) is 10.4. The van der Waals surface area contributed by atoms with E-state index < -0.39 is 0 Å². The number of nitriles is 1. The molecule has 0 fully saturated rings. The zero-order valence-electron chi connectivity index (χ0n) is 19.2. The standard InChI is InChI=1S/C28H24N2O4/c1-4-33-24-7-5-6-19(16-24)18-30-28-25(17-29)26(20-8-12-22(31-2)13-9-20)27(34-28)21-10-14-23(32-3)15-11-21/h5-16,18H,4H2,1-3H3. The van der Waals surface area contributed by atoms with Gasteiger partial charge in [-0.05, 0) is 66.6 Å². The number of aliphatic imine (C=N–C) groups is 1. The van der Waals surface area contributed by atoms with Gasteiger partial charge < -0.3 is 18.6 Å². The van der Waals surface area contributed by atoms with Crippen molar-refractivity contribution in [3.8, 4) is 45.8 Å². The van der Waals surface area contributed by atoms with Crippen LogP contribution in [0.25, 0.3) is 22.5 Å². The van der Waals surface area contributed by atoms with Gasteiger partial charge in [-0.25, -0.2) is 4.99 Å². The maximum atomic E-state index is 10.1. The molecule has 4 rings (SSSR count). The van der Waals surface area contributed by atoms with Crippen LogP contribution in [0, 0.1) is 11.3 Å². The van der Waals surface area contributed by atoms with Gasteiger partial charge >= 0.3 is 0 Å². The minimum absolute atomic E-state index is 0.237. The van der Waals surface area contributed by atoms with E-state index in [4.69, 9.17) is 18.6 Å². The van der Waals surface area contributed by atoms with Crippen molar-refractivity contribution in [2.45, 2.75) is 6.92 Å². The summed E-state index contributed by atoms with van der Waals surface area (Å²) in [5.41, 5.74) is 3.50. The molecule has 170 valence electrons. The molecular formula is C28H24N2O4. The van der Waals surface area contributed by atoms with E-state index in [0.29, 0.717) is 23.5 Å². The normalized spacial score (nSPS) is 10.8. The molecular weight excluding hydrogens is 428 g/mol. The van der Waals surface area contributed by atoms with Gasteiger partial charge in [-0.1, -0.05) is 24.3 Å². The smallest absolute Gasteiger partial charge is 0.238 e. The van der Waals surface area contributed by atoms with Crippen LogP contribution in [-0.2, 0) is 0 Å². The minimum atomic E-state index is 0.237. The maximum Gasteiger partial charge on any atom is 0.238 e. The van der Waals surface area contributed by atoms with Crippen molar-refractivity contribution in [1.82, 2.24) is 0 Å². The van der Waals surface area contributed by atoms with Crippen molar-refractivity contribution in [3.63, 3.8) is 0 Å². The molecule has 0 aliphatic carbocycles. The first-order chi connectivity index (χ1) is 16.7. The average Bonchev–Trinajstić information content (AvgIpc) is 3.26. The van der Waals surface area contributed by atoms with Crippen LogP contribution < -0.4 is 14.2 Å². The lowest BCUT2D eigenvalue weighted by Gasteiger charge is -2.06. The van der Waals surface area contributed by atoms with Crippen LogP contribution in [0.5, 0.6) is 17.2 Å². The van der Waals surface area contributed by atoms with E-state index in [-0.39, 0.29) is 5.88 Å². The van der Waals surface area contributed by atoms with E-state index in [9.17, 15) is 5.26 Å². The largest absolute Gasteiger partial charge is 0.497 e. The Labute approximate surface area is 198 Å². The van der Waals surface area contributed by atoms with Gasteiger partial charge in [0.25, 0.3) is 0 Å². The Kier molecular flexibility index (Phi) is 6.95. The van der Waals surface area contributed by atoms with Crippen molar-refractivity contribution in [2.24, 2.45) is 4.99 Å². The van der Waals surface area contributed by atoms with E-state index in [1.807, 2.05) is 79.7 Å². The van der Waals surface area contributed by atoms with E-state index in [1.54, 1.807) is 20.4 Å². The van der Waals surface area contributed by atoms with E-state index in [1.165, 1.54) is 0 Å².